The molecule has 0 saturated heterocycles. The van der Waals surface area contributed by atoms with E-state index < -0.39 is 0 Å². The van der Waals surface area contributed by atoms with Crippen molar-refractivity contribution in [3.63, 3.8) is 0 Å². The molecule has 15 aromatic heterocycles. The number of nitrogens with zero attached hydrogens (tertiary/aromatic N) is 16. The van der Waals surface area contributed by atoms with E-state index in [9.17, 15) is 0 Å². The Bertz CT molecular complexity index is 2300. The highest BCUT2D eigenvalue weighted by Gasteiger charge is 1.71. The molecule has 0 fully saturated rings. The van der Waals surface area contributed by atoms with E-state index in [4.69, 9.17) is 0 Å². The molecule has 0 radical (unpaired) electrons. The van der Waals surface area contributed by atoms with Crippen LogP contribution in [0, 0.1) is 0 Å². The Labute approximate surface area is 505 Å². The van der Waals surface area contributed by atoms with E-state index in [0.717, 1.165) is 0 Å². The molecule has 0 atom stereocenters. The van der Waals surface area contributed by atoms with Crippen molar-refractivity contribution in [2.45, 2.75) is 0 Å². The number of furan rings is 2. The van der Waals surface area contributed by atoms with E-state index in [-0.39, 0.29) is 0 Å². The molecule has 0 aliphatic heterocycles. The Morgan fingerprint density at radius 3 is 0.602 bits per heavy atom. The van der Waals surface area contributed by atoms with Crippen LogP contribution < -0.4 is 0 Å². The molecule has 15 heterocycles. The first-order valence-electron chi connectivity index (χ1n) is 24.2. The highest BCUT2D eigenvalue weighted by Crippen LogP contribution is 1.92. The molecule has 0 aliphatic rings. The van der Waals surface area contributed by atoms with E-state index in [1.54, 1.807) is 238 Å². The Kier molecular flexibility index (Phi) is 55.1. The van der Waals surface area contributed by atoms with Gasteiger partial charge in [0.05, 0.1) is 41.6 Å². The van der Waals surface area contributed by atoms with E-state index in [2.05, 4.69) is 78.8 Å². The lowest BCUT2D eigenvalue weighted by molar-refractivity contribution is 0.567. The number of hydrogen-bond acceptors (Lipinski definition) is 21. The maximum atomic E-state index is 4.58. The van der Waals surface area contributed by atoms with Crippen LogP contribution in [0.3, 0.4) is 0 Å². The predicted molar refractivity (Wildman–Crippen MR) is 338 cm³/mol. The van der Waals surface area contributed by atoms with Gasteiger partial charge in [-0.2, -0.15) is 32.9 Å². The summed E-state index contributed by atoms with van der Waals surface area (Å²) < 4.78 is 12.7. The van der Waals surface area contributed by atoms with Gasteiger partial charge in [0.1, 0.15) is 12.7 Å². The van der Waals surface area contributed by atoms with Gasteiger partial charge in [-0.15, -0.1) is 34.0 Å². The molecular weight excluding hydrogens is 1140 g/mol. The fourth-order valence-corrected chi connectivity index (χ4v) is 5.78. The molecule has 0 amide bonds. The molecule has 0 bridgehead atoms. The van der Waals surface area contributed by atoms with Gasteiger partial charge < -0.3 is 8.83 Å². The second-order valence-electron chi connectivity index (χ2n) is 13.3. The maximum Gasteiger partial charge on any atom is 0.115 e. The van der Waals surface area contributed by atoms with Crippen LogP contribution in [-0.4, -0.2) is 79.4 Å². The first-order valence-corrected chi connectivity index (χ1v) is 28.9. The van der Waals surface area contributed by atoms with Crippen LogP contribution in [0.1, 0.15) is 0 Å². The van der Waals surface area contributed by atoms with Crippen molar-refractivity contribution in [3.8, 4) is 0 Å². The molecule has 15 aromatic rings. The number of hydrogen-bond donors (Lipinski definition) is 0. The molecular formula is C60H64N16O2S5. The predicted octanol–water partition coefficient (Wildman–Crippen LogP) is 15.0. The lowest BCUT2D eigenvalue weighted by Crippen LogP contribution is -1.83. The normalized spacial score (nSPS) is 8.12. The van der Waals surface area contributed by atoms with E-state index in [1.165, 1.54) is 12.7 Å². The number of aromatic nitrogens is 16. The van der Waals surface area contributed by atoms with Crippen molar-refractivity contribution in [1.29, 1.82) is 0 Å². The summed E-state index contributed by atoms with van der Waals surface area (Å²) in [5.74, 6) is 0. The molecule has 0 spiro atoms. The maximum absolute atomic E-state index is 4.58. The van der Waals surface area contributed by atoms with Crippen molar-refractivity contribution in [2.24, 2.45) is 14.1 Å². The zero-order chi connectivity index (χ0) is 59.0. The Morgan fingerprint density at radius 1 is 0.229 bits per heavy atom. The molecule has 18 nitrogen and oxygen atoms in total. The third-order valence-electron chi connectivity index (χ3n) is 7.15. The second-order valence-corrected chi connectivity index (χ2v) is 17.2. The van der Waals surface area contributed by atoms with Crippen molar-refractivity contribution in [1.82, 2.24) is 79.4 Å². The first-order chi connectivity index (χ1) is 41.3. The number of thiophene rings is 2. The summed E-state index contributed by atoms with van der Waals surface area (Å²) in [5, 5.41) is 21.6. The third-order valence-corrected chi connectivity index (χ3v) is 9.97. The third kappa shape index (κ3) is 62.7. The lowest BCUT2D eigenvalue weighted by atomic mass is 10.5. The average Bonchev–Trinajstić information content (AvgIpc) is 4.42. The molecule has 426 valence electrons. The van der Waals surface area contributed by atoms with Gasteiger partial charge >= 0.3 is 0 Å². The van der Waals surface area contributed by atoms with Crippen LogP contribution in [0.2, 0.25) is 0 Å². The minimum atomic E-state index is 1.50. The van der Waals surface area contributed by atoms with Gasteiger partial charge in [-0.05, 0) is 106 Å². The Hall–Kier alpha value is -10.0. The van der Waals surface area contributed by atoms with Crippen LogP contribution in [0.25, 0.3) is 0 Å². The van der Waals surface area contributed by atoms with Gasteiger partial charge in [0, 0.05) is 160 Å². The van der Waals surface area contributed by atoms with Crippen LogP contribution >= 0.6 is 56.7 Å². The minimum Gasteiger partial charge on any atom is -0.473 e. The molecule has 23 heteroatoms. The summed E-state index contributed by atoms with van der Waals surface area (Å²) >= 11 is 8.23. The highest BCUT2D eigenvalue weighted by molar-refractivity contribution is 7.08. The Morgan fingerprint density at radius 2 is 0.518 bits per heavy atom. The molecule has 0 aliphatic carbocycles. The quantitative estimate of drug-likeness (QED) is 0.138. The molecule has 83 heavy (non-hydrogen) atoms. The van der Waals surface area contributed by atoms with Crippen LogP contribution in [-0.2, 0) is 14.1 Å². The summed E-state index contributed by atoms with van der Waals surface area (Å²) in [6, 6.07) is 39.9. The zero-order valence-electron chi connectivity index (χ0n) is 45.5. The van der Waals surface area contributed by atoms with E-state index >= 15 is 0 Å². The van der Waals surface area contributed by atoms with E-state index in [1.807, 2.05) is 179 Å². The lowest BCUT2D eigenvalue weighted by Gasteiger charge is -1.77. The van der Waals surface area contributed by atoms with Gasteiger partial charge in [-0.1, -0.05) is 42.5 Å². The van der Waals surface area contributed by atoms with Crippen molar-refractivity contribution in [3.05, 3.63) is 349 Å². The van der Waals surface area contributed by atoms with Crippen molar-refractivity contribution in [2.75, 3.05) is 0 Å². The first kappa shape index (κ1) is 71.0. The molecule has 0 N–H and O–H groups in total. The summed E-state index contributed by atoms with van der Waals surface area (Å²) in [7, 11) is 3.78. The molecule has 0 unspecified atom stereocenters. The molecule has 0 aromatic carbocycles. The summed E-state index contributed by atoms with van der Waals surface area (Å²) in [5.41, 5.74) is 5.38. The smallest absolute Gasteiger partial charge is 0.115 e. The molecule has 15 rings (SSSR count). The number of pyridine rings is 3. The second kappa shape index (κ2) is 64.5. The summed E-state index contributed by atoms with van der Waals surface area (Å²) in [6.07, 6.45) is 45.9. The SMILES string of the molecule is Cn1cccn1.Cn1cccn1.c1ccncc1.c1ccncc1.c1ccncc1.c1ccoc1.c1ccoc1.c1ccsc1.c1ccsc1.c1cnccn1.c1cncnc1.c1cncnc1.c1cscn1.c1cscn1.c1cscn1. The summed E-state index contributed by atoms with van der Waals surface area (Å²) in [6.45, 7) is 0. The minimum absolute atomic E-state index is 1.50. The van der Waals surface area contributed by atoms with Gasteiger partial charge in [0.25, 0.3) is 0 Å². The largest absolute Gasteiger partial charge is 0.473 e. The fraction of sp³-hybridized carbons (Fsp3) is 0.0333. The molecule has 0 saturated carbocycles. The van der Waals surface area contributed by atoms with Crippen molar-refractivity contribution >= 4 is 56.7 Å². The number of thiazole rings is 3. The standard InChI is InChI=1S/3C5H5N.2C4H6N2.3C4H4N2.2C4H4O.2C4H4S.3C3H3NS/c3*1-2-4-6-5-3-1;2*1-6-4-2-3-5-6;1-2-6-4-3-5-1;2*1-2-5-4-6-3-1;4*1-2-4-5-3-1;3*1-2-5-3-4-1/h3*1-5H;2*2-4H,1H3;3*1-4H;4*1-4H;3*1-3H. The number of aryl methyl sites for hydroxylation is 2. The summed E-state index contributed by atoms with van der Waals surface area (Å²) in [4.78, 5) is 44.7. The zero-order valence-corrected chi connectivity index (χ0v) is 49.6. The van der Waals surface area contributed by atoms with Crippen LogP contribution in [0.5, 0.6) is 0 Å². The Balaban J connectivity index is 0.000000445. The number of rotatable bonds is 0. The fourth-order valence-electron chi connectivity index (χ4n) is 3.82. The average molecular weight is 1200 g/mol. The van der Waals surface area contributed by atoms with E-state index in [0.29, 0.717) is 0 Å². The highest BCUT2D eigenvalue weighted by atomic mass is 32.1. The van der Waals surface area contributed by atoms with Gasteiger partial charge in [0.15, 0.2) is 0 Å². The monoisotopic (exact) mass is 1200 g/mol. The van der Waals surface area contributed by atoms with Gasteiger partial charge in [0.2, 0.25) is 0 Å². The van der Waals surface area contributed by atoms with Crippen LogP contribution in [0.4, 0.5) is 0 Å². The van der Waals surface area contributed by atoms with Crippen molar-refractivity contribution < 1.29 is 8.83 Å². The topological polar surface area (TPSA) is 217 Å². The van der Waals surface area contributed by atoms with Crippen LogP contribution in [0.15, 0.2) is 358 Å². The van der Waals surface area contributed by atoms with Gasteiger partial charge in [-0.25, -0.2) is 19.9 Å². The van der Waals surface area contributed by atoms with Gasteiger partial charge in [-0.3, -0.25) is 49.2 Å².